The highest BCUT2D eigenvalue weighted by atomic mass is 14.9. The van der Waals surface area contributed by atoms with Crippen LogP contribution < -0.4 is 16.1 Å². The van der Waals surface area contributed by atoms with Gasteiger partial charge < -0.3 is 10.6 Å². The molecule has 5 aromatic carbocycles. The first-order chi connectivity index (χ1) is 33.6. The number of aryl methyl sites for hydroxylation is 2. The first-order valence-corrected chi connectivity index (χ1v) is 28.0. The van der Waals surface area contributed by atoms with Crippen molar-refractivity contribution >= 4 is 35.4 Å². The van der Waals surface area contributed by atoms with E-state index in [2.05, 4.69) is 221 Å². The van der Waals surface area contributed by atoms with Crippen LogP contribution in [0.15, 0.2) is 97.0 Å². The van der Waals surface area contributed by atoms with E-state index in [-0.39, 0.29) is 37.9 Å². The number of hydrogen-bond acceptors (Lipinski definition) is 2. The number of hydrogen-bond donors (Lipinski definition) is 2. The highest BCUT2D eigenvalue weighted by Crippen LogP contribution is 2.53. The smallest absolute Gasteiger partial charge is 0.189 e. The molecule has 0 fully saturated rings. The molecular weight excluding hydrogens is 868 g/mol. The molecule has 379 valence electrons. The van der Waals surface area contributed by atoms with Crippen molar-refractivity contribution < 1.29 is 0 Å². The lowest BCUT2D eigenvalue weighted by Crippen LogP contribution is -2.35. The summed E-state index contributed by atoms with van der Waals surface area (Å²) in [5.74, 6) is 0.380. The van der Waals surface area contributed by atoms with Gasteiger partial charge in [-0.25, -0.2) is 0 Å². The first kappa shape index (κ1) is 52.1. The third-order valence-corrected chi connectivity index (χ3v) is 19.8. The summed E-state index contributed by atoms with van der Waals surface area (Å²) in [5, 5.41) is 7.90. The van der Waals surface area contributed by atoms with Crippen molar-refractivity contribution in [3.8, 4) is 11.1 Å². The van der Waals surface area contributed by atoms with E-state index in [0.717, 1.165) is 19.3 Å². The third-order valence-electron chi connectivity index (χ3n) is 19.8. The monoisotopic (exact) mass is 958 g/mol. The van der Waals surface area contributed by atoms with Gasteiger partial charge in [-0.3, -0.25) is 0 Å². The van der Waals surface area contributed by atoms with Gasteiger partial charge in [0.1, 0.15) is 0 Å². The Bertz CT molecular complexity index is 2980. The summed E-state index contributed by atoms with van der Waals surface area (Å²) >= 11 is 0. The van der Waals surface area contributed by atoms with E-state index in [1.165, 1.54) is 140 Å². The van der Waals surface area contributed by atoms with E-state index < -0.39 is 0 Å². The second-order valence-electron chi connectivity index (χ2n) is 27.5. The number of allylic oxidation sites excluding steroid dienone is 3. The summed E-state index contributed by atoms with van der Waals surface area (Å²) in [4.78, 5) is 0. The highest BCUT2D eigenvalue weighted by Gasteiger charge is 2.43. The minimum absolute atomic E-state index is 0.0314. The maximum absolute atomic E-state index is 4.75. The van der Waals surface area contributed by atoms with Crippen LogP contribution in [0.2, 0.25) is 0 Å². The quantitative estimate of drug-likeness (QED) is 0.122. The molecule has 4 aliphatic rings. The molecule has 0 bridgehead atoms. The molecule has 0 heterocycles. The third kappa shape index (κ3) is 9.18. The lowest BCUT2D eigenvalue weighted by atomic mass is 9.57. The molecular formula is C69H90BN2. The molecule has 0 saturated carbocycles. The van der Waals surface area contributed by atoms with Gasteiger partial charge in [0.15, 0.2) is 7.28 Å². The van der Waals surface area contributed by atoms with E-state index in [1.54, 1.807) is 11.1 Å². The van der Waals surface area contributed by atoms with E-state index in [1.807, 2.05) is 0 Å². The van der Waals surface area contributed by atoms with Crippen LogP contribution >= 0.6 is 0 Å². The number of rotatable bonds is 12. The lowest BCUT2D eigenvalue weighted by Gasteiger charge is -2.44. The van der Waals surface area contributed by atoms with Crippen molar-refractivity contribution in [2.45, 2.75) is 213 Å². The fourth-order valence-electron chi connectivity index (χ4n) is 14.1. The summed E-state index contributed by atoms with van der Waals surface area (Å²) < 4.78 is 0. The molecule has 0 aliphatic heterocycles. The molecule has 2 nitrogen and oxygen atoms in total. The van der Waals surface area contributed by atoms with Gasteiger partial charge in [0.05, 0.1) is 0 Å². The highest BCUT2D eigenvalue weighted by molar-refractivity contribution is 6.64. The average Bonchev–Trinajstić information content (AvgIpc) is 3.51. The van der Waals surface area contributed by atoms with Crippen molar-refractivity contribution in [2.75, 3.05) is 17.7 Å². The predicted octanol–water partition coefficient (Wildman–Crippen LogP) is 18.0. The Kier molecular flexibility index (Phi) is 13.2. The average molecular weight is 958 g/mol. The summed E-state index contributed by atoms with van der Waals surface area (Å²) in [6.45, 7) is 43.7. The van der Waals surface area contributed by atoms with Crippen molar-refractivity contribution in [1.82, 2.24) is 0 Å². The minimum Gasteiger partial charge on any atom is -0.389 e. The van der Waals surface area contributed by atoms with Crippen molar-refractivity contribution in [2.24, 2.45) is 5.92 Å². The Morgan fingerprint density at radius 3 is 1.81 bits per heavy atom. The Labute approximate surface area is 439 Å². The van der Waals surface area contributed by atoms with Crippen LogP contribution in [0, 0.1) is 19.8 Å². The minimum atomic E-state index is 0.0314. The van der Waals surface area contributed by atoms with Crippen LogP contribution in [0.3, 0.4) is 0 Å². The normalized spacial score (nSPS) is 22.8. The topological polar surface area (TPSA) is 24.1 Å². The fraction of sp³-hybridized carbons (Fsp3) is 0.507. The molecule has 2 N–H and O–H groups in total. The molecule has 1 radical (unpaired) electrons. The Balaban J connectivity index is 1.20. The number of anilines is 3. The maximum Gasteiger partial charge on any atom is 0.189 e. The molecule has 72 heavy (non-hydrogen) atoms. The Morgan fingerprint density at radius 2 is 1.18 bits per heavy atom. The second-order valence-corrected chi connectivity index (χ2v) is 27.5. The molecule has 2 unspecified atom stereocenters. The molecule has 2 atom stereocenters. The lowest BCUT2D eigenvalue weighted by molar-refractivity contribution is 0.304. The van der Waals surface area contributed by atoms with Crippen LogP contribution in [0.4, 0.5) is 17.1 Å². The van der Waals surface area contributed by atoms with Crippen molar-refractivity contribution in [3.63, 3.8) is 0 Å². The van der Waals surface area contributed by atoms with E-state index in [4.69, 9.17) is 6.58 Å². The first-order valence-electron chi connectivity index (χ1n) is 28.0. The zero-order chi connectivity index (χ0) is 52.1. The van der Waals surface area contributed by atoms with Crippen LogP contribution in [-0.4, -0.2) is 14.3 Å². The SMILES string of the molecule is C=C1c2ccccc2C(C)(C)C1CC/C=C(/[B]c1c(NC)cc(C)cc1-c1cc2c(cc1Nc1ccc3c(c1)C(C)(C)CCC3(C)C)C(C)(C)CCC2(C)C)Cc1cc2c(cc1C)C(C)(CC)CCC2(C)C. The molecule has 3 heteroatoms. The number of benzene rings is 5. The van der Waals surface area contributed by atoms with Crippen LogP contribution in [0.5, 0.6) is 0 Å². The largest absolute Gasteiger partial charge is 0.389 e. The molecule has 4 aliphatic carbocycles. The zero-order valence-corrected chi connectivity index (χ0v) is 48.0. The number of nitrogens with one attached hydrogen (secondary N) is 2. The van der Waals surface area contributed by atoms with Gasteiger partial charge in [-0.1, -0.05) is 164 Å². The zero-order valence-electron chi connectivity index (χ0n) is 48.0. The van der Waals surface area contributed by atoms with Gasteiger partial charge in [-0.15, -0.1) is 5.47 Å². The molecule has 0 spiro atoms. The fourth-order valence-corrected chi connectivity index (χ4v) is 14.1. The van der Waals surface area contributed by atoms with Gasteiger partial charge in [0.2, 0.25) is 0 Å². The molecule has 0 amide bonds. The summed E-state index contributed by atoms with van der Waals surface area (Å²) in [6, 6.07) is 31.5. The Morgan fingerprint density at radius 1 is 0.597 bits per heavy atom. The number of fused-ring (bicyclic) bond motifs is 4. The van der Waals surface area contributed by atoms with Gasteiger partial charge in [-0.05, 0) is 225 Å². The van der Waals surface area contributed by atoms with Gasteiger partial charge in [-0.2, -0.15) is 0 Å². The van der Waals surface area contributed by atoms with E-state index >= 15 is 0 Å². The van der Waals surface area contributed by atoms with Crippen LogP contribution in [0.1, 0.15) is 216 Å². The maximum atomic E-state index is 4.75. The standard InChI is InChI=1S/C69H90BN2/c1-19-69(17)34-33-67(13,14)55-39-46(44(3)37-59(55)69)38-47(23-22-26-52-45(4)49-24-20-21-25-53(49)68(52,15)16)70-62-51(35-43(2)36-61(62)71-18)50-41-57-58(66(11,12)32-31-65(57,9)10)42-60(50)72-48-27-28-54-56(40-48)64(7,8)30-29-63(54,5)6/h20-21,23-25,27-28,35-37,39-42,52,71-72H,4,19,22,26,29-34,38H2,1-3,5-18H3/b47-23+. The van der Waals surface area contributed by atoms with Crippen LogP contribution in [-0.2, 0) is 44.3 Å². The van der Waals surface area contributed by atoms with E-state index in [9.17, 15) is 0 Å². The second kappa shape index (κ2) is 18.3. The predicted molar refractivity (Wildman–Crippen MR) is 316 cm³/mol. The van der Waals surface area contributed by atoms with E-state index in [0.29, 0.717) is 5.92 Å². The molecule has 0 aromatic heterocycles. The van der Waals surface area contributed by atoms with Gasteiger partial charge in [0.25, 0.3) is 0 Å². The van der Waals surface area contributed by atoms with Gasteiger partial charge >= 0.3 is 0 Å². The summed E-state index contributed by atoms with van der Waals surface area (Å²) in [7, 11) is 4.69. The molecule has 0 saturated heterocycles. The summed E-state index contributed by atoms with van der Waals surface area (Å²) in [6.07, 6.45) is 13.9. The molecule has 5 aromatic rings. The van der Waals surface area contributed by atoms with Crippen LogP contribution in [0.25, 0.3) is 16.7 Å². The molecule has 9 rings (SSSR count). The van der Waals surface area contributed by atoms with Crippen molar-refractivity contribution in [1.29, 1.82) is 0 Å². The van der Waals surface area contributed by atoms with Gasteiger partial charge in [0, 0.05) is 29.7 Å². The summed E-state index contributed by atoms with van der Waals surface area (Å²) in [5.41, 5.74) is 26.7. The Hall–Kier alpha value is -4.76. The van der Waals surface area contributed by atoms with Crippen molar-refractivity contribution in [3.05, 3.63) is 158 Å².